The lowest BCUT2D eigenvalue weighted by Gasteiger charge is -2.08. The molecule has 47 heavy (non-hydrogen) atoms. The van der Waals surface area contributed by atoms with Crippen LogP contribution in [0.25, 0.3) is 0 Å². The SMILES string of the molecule is COc1cc(COCc2cn(CCOCCOCCOCCn3cc(COCc4cc(OC)cc(OC)c4)nn3)nn2)cc(OC)c1. The summed E-state index contributed by atoms with van der Waals surface area (Å²) in [5.74, 6) is 2.87. The molecule has 256 valence electrons. The number of benzene rings is 2. The van der Waals surface area contributed by atoms with E-state index in [9.17, 15) is 0 Å². The van der Waals surface area contributed by atoms with Crippen molar-refractivity contribution in [1.29, 1.82) is 0 Å². The van der Waals surface area contributed by atoms with E-state index >= 15 is 0 Å². The standard InChI is InChI=1S/C32H44N6O9/c1-39-29-13-25(14-30(17-29)40-2)21-46-23-27-19-37(35-33-27)5-7-43-9-11-45-12-10-44-8-6-38-20-28(34-36-38)24-47-22-26-15-31(41-3)18-32(16-26)42-4/h13-20H,5-12,21-24H2,1-4H3. The van der Waals surface area contributed by atoms with Gasteiger partial charge < -0.3 is 42.6 Å². The Morgan fingerprint density at radius 3 is 1.17 bits per heavy atom. The molecule has 4 aromatic rings. The Balaban J connectivity index is 0.970. The van der Waals surface area contributed by atoms with Gasteiger partial charge in [-0.05, 0) is 35.4 Å². The van der Waals surface area contributed by atoms with Crippen molar-refractivity contribution < 1.29 is 42.6 Å². The Labute approximate surface area is 274 Å². The van der Waals surface area contributed by atoms with Crippen LogP contribution in [0.15, 0.2) is 48.8 Å². The topological polar surface area (TPSA) is 144 Å². The van der Waals surface area contributed by atoms with Gasteiger partial charge in [-0.1, -0.05) is 10.4 Å². The fourth-order valence-electron chi connectivity index (χ4n) is 4.33. The van der Waals surface area contributed by atoms with Gasteiger partial charge in [0, 0.05) is 12.1 Å². The molecule has 15 heteroatoms. The van der Waals surface area contributed by atoms with Crippen LogP contribution in [0.3, 0.4) is 0 Å². The Morgan fingerprint density at radius 2 is 0.809 bits per heavy atom. The number of hydrogen-bond donors (Lipinski definition) is 0. The minimum absolute atomic E-state index is 0.341. The minimum Gasteiger partial charge on any atom is -0.497 e. The molecule has 2 aromatic carbocycles. The van der Waals surface area contributed by atoms with Crippen LogP contribution in [0.4, 0.5) is 0 Å². The molecule has 4 rings (SSSR count). The fraction of sp³-hybridized carbons (Fsp3) is 0.500. The molecule has 0 fully saturated rings. The van der Waals surface area contributed by atoms with E-state index in [1.807, 2.05) is 48.8 Å². The van der Waals surface area contributed by atoms with E-state index in [1.54, 1.807) is 37.8 Å². The molecule has 0 aliphatic heterocycles. The predicted octanol–water partition coefficient (Wildman–Crippen LogP) is 3.09. The molecule has 2 heterocycles. The molecule has 0 amide bonds. The van der Waals surface area contributed by atoms with Gasteiger partial charge in [-0.15, -0.1) is 10.2 Å². The maximum atomic E-state index is 5.78. The highest BCUT2D eigenvalue weighted by Crippen LogP contribution is 2.24. The van der Waals surface area contributed by atoms with E-state index in [1.165, 1.54) is 0 Å². The zero-order valence-corrected chi connectivity index (χ0v) is 27.5. The maximum Gasteiger partial charge on any atom is 0.122 e. The first kappa shape index (κ1) is 35.6. The number of ether oxygens (including phenoxy) is 9. The summed E-state index contributed by atoms with van der Waals surface area (Å²) >= 11 is 0. The molecular formula is C32H44N6O9. The van der Waals surface area contributed by atoms with E-state index in [-0.39, 0.29) is 0 Å². The van der Waals surface area contributed by atoms with Crippen molar-refractivity contribution in [2.75, 3.05) is 68.1 Å². The summed E-state index contributed by atoms with van der Waals surface area (Å²) in [4.78, 5) is 0. The third-order valence-corrected chi connectivity index (χ3v) is 6.71. The maximum absolute atomic E-state index is 5.78. The van der Waals surface area contributed by atoms with Crippen LogP contribution in [-0.2, 0) is 63.2 Å². The molecule has 0 aliphatic carbocycles. The van der Waals surface area contributed by atoms with Gasteiger partial charge >= 0.3 is 0 Å². The Hall–Kier alpha value is -4.28. The Morgan fingerprint density at radius 1 is 0.447 bits per heavy atom. The zero-order valence-electron chi connectivity index (χ0n) is 27.5. The molecule has 15 nitrogen and oxygen atoms in total. The quantitative estimate of drug-likeness (QED) is 0.102. The number of aromatic nitrogens is 6. The molecule has 0 saturated heterocycles. The minimum atomic E-state index is 0.341. The van der Waals surface area contributed by atoms with Crippen molar-refractivity contribution in [3.63, 3.8) is 0 Å². The highest BCUT2D eigenvalue weighted by molar-refractivity contribution is 5.39. The van der Waals surface area contributed by atoms with E-state index in [0.29, 0.717) is 102 Å². The van der Waals surface area contributed by atoms with Crippen molar-refractivity contribution >= 4 is 0 Å². The van der Waals surface area contributed by atoms with Crippen LogP contribution in [0.2, 0.25) is 0 Å². The predicted molar refractivity (Wildman–Crippen MR) is 169 cm³/mol. The Bertz CT molecular complexity index is 1310. The van der Waals surface area contributed by atoms with Crippen LogP contribution >= 0.6 is 0 Å². The largest absolute Gasteiger partial charge is 0.497 e. The average Bonchev–Trinajstić information content (AvgIpc) is 3.76. The first-order valence-electron chi connectivity index (χ1n) is 15.2. The summed E-state index contributed by atoms with van der Waals surface area (Å²) in [6, 6.07) is 11.3. The summed E-state index contributed by atoms with van der Waals surface area (Å²) < 4.78 is 53.1. The summed E-state index contributed by atoms with van der Waals surface area (Å²) in [5, 5.41) is 16.6. The average molecular weight is 657 g/mol. The molecule has 2 aromatic heterocycles. The van der Waals surface area contributed by atoms with Crippen molar-refractivity contribution in [2.45, 2.75) is 39.5 Å². The van der Waals surface area contributed by atoms with Gasteiger partial charge in [0.05, 0.1) is 120 Å². The number of nitrogens with zero attached hydrogens (tertiary/aromatic N) is 6. The van der Waals surface area contributed by atoms with Crippen LogP contribution < -0.4 is 18.9 Å². The molecule has 0 unspecified atom stereocenters. The van der Waals surface area contributed by atoms with Crippen LogP contribution in [0.1, 0.15) is 22.5 Å². The molecule has 0 bridgehead atoms. The highest BCUT2D eigenvalue weighted by atomic mass is 16.5. The summed E-state index contributed by atoms with van der Waals surface area (Å²) in [5.41, 5.74) is 3.37. The Kier molecular flexibility index (Phi) is 15.2. The van der Waals surface area contributed by atoms with Crippen LogP contribution in [0, 0.1) is 0 Å². The molecule has 0 radical (unpaired) electrons. The van der Waals surface area contributed by atoms with E-state index in [2.05, 4.69) is 20.6 Å². The zero-order chi connectivity index (χ0) is 33.1. The third-order valence-electron chi connectivity index (χ3n) is 6.71. The molecule has 0 spiro atoms. The molecule has 0 saturated carbocycles. The van der Waals surface area contributed by atoms with Crippen molar-refractivity contribution in [3.05, 3.63) is 71.3 Å². The van der Waals surface area contributed by atoms with Gasteiger partial charge in [0.25, 0.3) is 0 Å². The second kappa shape index (κ2) is 20.1. The lowest BCUT2D eigenvalue weighted by molar-refractivity contribution is 0.0110. The molecular weight excluding hydrogens is 612 g/mol. The smallest absolute Gasteiger partial charge is 0.122 e. The molecule has 0 aliphatic rings. The number of rotatable bonds is 24. The van der Waals surface area contributed by atoms with Gasteiger partial charge in [-0.2, -0.15) is 0 Å². The van der Waals surface area contributed by atoms with E-state index in [4.69, 9.17) is 42.6 Å². The molecule has 0 N–H and O–H groups in total. The fourth-order valence-corrected chi connectivity index (χ4v) is 4.33. The van der Waals surface area contributed by atoms with Crippen molar-refractivity contribution in [2.24, 2.45) is 0 Å². The van der Waals surface area contributed by atoms with Gasteiger partial charge in [0.1, 0.15) is 34.4 Å². The summed E-state index contributed by atoms with van der Waals surface area (Å²) in [6.45, 7) is 5.53. The molecule has 0 atom stereocenters. The second-order valence-corrected chi connectivity index (χ2v) is 10.2. The highest BCUT2D eigenvalue weighted by Gasteiger charge is 2.07. The van der Waals surface area contributed by atoms with E-state index in [0.717, 1.165) is 22.5 Å². The third kappa shape index (κ3) is 12.8. The van der Waals surface area contributed by atoms with Crippen molar-refractivity contribution in [3.8, 4) is 23.0 Å². The number of hydrogen-bond acceptors (Lipinski definition) is 13. The monoisotopic (exact) mass is 656 g/mol. The van der Waals surface area contributed by atoms with Gasteiger partial charge in [0.15, 0.2) is 0 Å². The van der Waals surface area contributed by atoms with Crippen LogP contribution in [0.5, 0.6) is 23.0 Å². The van der Waals surface area contributed by atoms with E-state index < -0.39 is 0 Å². The lowest BCUT2D eigenvalue weighted by atomic mass is 10.2. The second-order valence-electron chi connectivity index (χ2n) is 10.2. The summed E-state index contributed by atoms with van der Waals surface area (Å²) in [7, 11) is 6.47. The first-order valence-corrected chi connectivity index (χ1v) is 15.2. The lowest BCUT2D eigenvalue weighted by Crippen LogP contribution is -2.14. The van der Waals surface area contributed by atoms with Gasteiger partial charge in [-0.25, -0.2) is 9.36 Å². The summed E-state index contributed by atoms with van der Waals surface area (Å²) in [6.07, 6.45) is 3.69. The van der Waals surface area contributed by atoms with Crippen molar-refractivity contribution in [1.82, 2.24) is 30.0 Å². The van der Waals surface area contributed by atoms with Crippen LogP contribution in [-0.4, -0.2) is 98.1 Å². The van der Waals surface area contributed by atoms with Gasteiger partial charge in [0.2, 0.25) is 0 Å². The van der Waals surface area contributed by atoms with Gasteiger partial charge in [-0.3, -0.25) is 0 Å². The number of methoxy groups -OCH3 is 4. The first-order chi connectivity index (χ1) is 23.1. The normalized spacial score (nSPS) is 11.1.